The summed E-state index contributed by atoms with van der Waals surface area (Å²) in [7, 11) is 0. The summed E-state index contributed by atoms with van der Waals surface area (Å²) in [4.78, 5) is 16.6. The normalized spacial score (nSPS) is 17.9. The van der Waals surface area contributed by atoms with Gasteiger partial charge >= 0.3 is 6.09 Å². The monoisotopic (exact) mass is 511 g/mol. The number of nitrogens with zero attached hydrogens (tertiary/aromatic N) is 7. The van der Waals surface area contributed by atoms with Crippen molar-refractivity contribution in [1.29, 1.82) is 0 Å². The molecule has 0 saturated carbocycles. The van der Waals surface area contributed by atoms with Crippen molar-refractivity contribution in [3.63, 3.8) is 0 Å². The maximum atomic E-state index is 12.4. The number of carbonyl (C=O) groups is 1. The first-order valence-corrected chi connectivity index (χ1v) is 13.1. The Bertz CT molecular complexity index is 1220. The fourth-order valence-electron chi connectivity index (χ4n) is 4.92. The number of likely N-dealkylation sites (tertiary alicyclic amines) is 1. The number of fused-ring (bicyclic) bond motifs is 1. The number of carbonyl (C=O) groups excluding carboxylic acids is 1. The lowest BCUT2D eigenvalue weighted by atomic mass is 10.0. The topological polar surface area (TPSA) is 99.3 Å². The third-order valence-corrected chi connectivity index (χ3v) is 6.90. The Balaban J connectivity index is 1.28. The molecule has 1 amide bonds. The van der Waals surface area contributed by atoms with Crippen molar-refractivity contribution in [3.8, 4) is 17.0 Å². The molecule has 0 N–H and O–H groups in total. The Morgan fingerprint density at radius 2 is 1.92 bits per heavy atom. The Kier molecular flexibility index (Phi) is 7.34. The number of amides is 1. The van der Waals surface area contributed by atoms with E-state index in [0.29, 0.717) is 19.7 Å². The van der Waals surface area contributed by atoms with E-state index >= 15 is 0 Å². The second-order valence-electron chi connectivity index (χ2n) is 10.7. The average Bonchev–Trinajstić information content (AvgIpc) is 3.50. The van der Waals surface area contributed by atoms with E-state index in [0.717, 1.165) is 73.9 Å². The van der Waals surface area contributed by atoms with Gasteiger partial charge in [-0.3, -0.25) is 4.90 Å². The second kappa shape index (κ2) is 10.7. The zero-order chi connectivity index (χ0) is 26.0. The van der Waals surface area contributed by atoms with E-state index in [1.807, 2.05) is 55.2 Å². The second-order valence-corrected chi connectivity index (χ2v) is 10.7. The van der Waals surface area contributed by atoms with Crippen LogP contribution in [0.3, 0.4) is 0 Å². The van der Waals surface area contributed by atoms with Crippen LogP contribution in [0.5, 0.6) is 5.75 Å². The number of ether oxygens (including phenoxy) is 3. The molecule has 5 heterocycles. The predicted molar refractivity (Wildman–Crippen MR) is 138 cm³/mol. The van der Waals surface area contributed by atoms with E-state index in [9.17, 15) is 4.79 Å². The molecule has 3 aromatic heterocycles. The zero-order valence-corrected chi connectivity index (χ0v) is 22.2. The molecule has 0 bridgehead atoms. The van der Waals surface area contributed by atoms with Gasteiger partial charge in [0, 0.05) is 44.5 Å². The van der Waals surface area contributed by atoms with Gasteiger partial charge in [0.15, 0.2) is 0 Å². The molecule has 5 rings (SSSR count). The number of aromatic nitrogens is 5. The number of morpholine rings is 1. The maximum Gasteiger partial charge on any atom is 0.410 e. The molecule has 0 radical (unpaired) electrons. The van der Waals surface area contributed by atoms with Crippen LogP contribution >= 0.6 is 0 Å². The number of hydrogen-bond acceptors (Lipinski definition) is 8. The first-order chi connectivity index (χ1) is 17.8. The smallest absolute Gasteiger partial charge is 0.410 e. The van der Waals surface area contributed by atoms with Crippen molar-refractivity contribution >= 4 is 11.6 Å². The molecule has 0 spiro atoms. The molecule has 200 valence electrons. The molecular formula is C26H37N7O4. The molecule has 0 unspecified atom stereocenters. The first-order valence-electron chi connectivity index (χ1n) is 13.1. The lowest BCUT2D eigenvalue weighted by Crippen LogP contribution is -2.42. The van der Waals surface area contributed by atoms with Crippen LogP contribution in [0.2, 0.25) is 0 Å². The molecule has 37 heavy (non-hydrogen) atoms. The Hall–Kier alpha value is -3.18. The van der Waals surface area contributed by atoms with Crippen LogP contribution in [0.1, 0.15) is 45.3 Å². The Morgan fingerprint density at radius 3 is 2.65 bits per heavy atom. The summed E-state index contributed by atoms with van der Waals surface area (Å²) in [5, 5.41) is 13.5. The van der Waals surface area contributed by atoms with Gasteiger partial charge < -0.3 is 19.1 Å². The van der Waals surface area contributed by atoms with Crippen molar-refractivity contribution in [2.24, 2.45) is 0 Å². The summed E-state index contributed by atoms with van der Waals surface area (Å²) >= 11 is 0. The summed E-state index contributed by atoms with van der Waals surface area (Å²) in [6.07, 6.45) is 5.09. The third-order valence-electron chi connectivity index (χ3n) is 6.90. The van der Waals surface area contributed by atoms with Gasteiger partial charge in [-0.15, -0.1) is 5.10 Å². The molecule has 2 aliphatic heterocycles. The van der Waals surface area contributed by atoms with E-state index in [-0.39, 0.29) is 12.1 Å². The van der Waals surface area contributed by atoms with E-state index in [1.165, 1.54) is 0 Å². The molecule has 0 atom stereocenters. The third kappa shape index (κ3) is 5.88. The molecule has 2 fully saturated rings. The fraction of sp³-hybridized carbons (Fsp3) is 0.615. The van der Waals surface area contributed by atoms with Crippen LogP contribution in [-0.2, 0) is 9.47 Å². The van der Waals surface area contributed by atoms with Crippen LogP contribution in [0.25, 0.3) is 16.8 Å². The number of rotatable bonds is 6. The van der Waals surface area contributed by atoms with E-state index < -0.39 is 5.60 Å². The first kappa shape index (κ1) is 25.5. The van der Waals surface area contributed by atoms with Crippen LogP contribution < -0.4 is 4.74 Å². The molecule has 3 aromatic rings. The summed E-state index contributed by atoms with van der Waals surface area (Å²) in [6, 6.07) is 4.16. The van der Waals surface area contributed by atoms with Gasteiger partial charge in [0.1, 0.15) is 29.2 Å². The van der Waals surface area contributed by atoms with Crippen molar-refractivity contribution in [2.75, 3.05) is 52.5 Å². The highest BCUT2D eigenvalue weighted by atomic mass is 16.6. The number of pyridine rings is 1. The Morgan fingerprint density at radius 1 is 1.16 bits per heavy atom. The summed E-state index contributed by atoms with van der Waals surface area (Å²) < 4.78 is 21.0. The minimum atomic E-state index is -0.494. The average molecular weight is 512 g/mol. The lowest BCUT2D eigenvalue weighted by molar-refractivity contribution is 0.0183. The van der Waals surface area contributed by atoms with Crippen molar-refractivity contribution in [3.05, 3.63) is 30.2 Å². The van der Waals surface area contributed by atoms with Gasteiger partial charge in [-0.2, -0.15) is 5.10 Å². The standard InChI is InChI=1S/C26H37N7O4/c1-19-24(28-29-33(19)21-6-9-31(10-7-21)25(34)37-26(2,3)4)20-17-23(22-5-8-27-32(22)18-20)36-16-13-30-11-14-35-15-12-30/h5,8,17-18,21H,6-7,9-16H2,1-4H3. The van der Waals surface area contributed by atoms with Gasteiger partial charge in [-0.1, -0.05) is 5.21 Å². The SMILES string of the molecule is Cc1c(-c2cc(OCCN3CCOCC3)c3ccnn3c2)nnn1C1CCN(C(=O)OC(C)(C)C)CC1. The minimum Gasteiger partial charge on any atom is -0.490 e. The highest BCUT2D eigenvalue weighted by molar-refractivity contribution is 5.70. The van der Waals surface area contributed by atoms with Crippen molar-refractivity contribution in [2.45, 2.75) is 52.2 Å². The highest BCUT2D eigenvalue weighted by Crippen LogP contribution is 2.31. The lowest BCUT2D eigenvalue weighted by Gasteiger charge is -2.33. The molecule has 0 aromatic carbocycles. The Labute approximate surface area is 217 Å². The largest absolute Gasteiger partial charge is 0.490 e. The maximum absolute atomic E-state index is 12.4. The van der Waals surface area contributed by atoms with Crippen LogP contribution in [0, 0.1) is 6.92 Å². The van der Waals surface area contributed by atoms with Gasteiger partial charge in [0.2, 0.25) is 0 Å². The molecule has 11 nitrogen and oxygen atoms in total. The quantitative estimate of drug-likeness (QED) is 0.498. The van der Waals surface area contributed by atoms with Crippen molar-refractivity contribution in [1.82, 2.24) is 34.4 Å². The molecule has 11 heteroatoms. The number of piperidine rings is 1. The van der Waals surface area contributed by atoms with E-state index in [2.05, 4.69) is 20.3 Å². The molecule has 2 aliphatic rings. The van der Waals surface area contributed by atoms with Crippen LogP contribution in [0.15, 0.2) is 24.5 Å². The number of hydrogen-bond donors (Lipinski definition) is 0. The summed E-state index contributed by atoms with van der Waals surface area (Å²) in [5.41, 5.74) is 3.14. The van der Waals surface area contributed by atoms with Gasteiger partial charge in [-0.25, -0.2) is 14.0 Å². The van der Waals surface area contributed by atoms with E-state index in [4.69, 9.17) is 14.2 Å². The molecule has 2 saturated heterocycles. The van der Waals surface area contributed by atoms with Gasteiger partial charge in [0.05, 0.1) is 31.1 Å². The van der Waals surface area contributed by atoms with Crippen LogP contribution in [0.4, 0.5) is 4.79 Å². The predicted octanol–water partition coefficient (Wildman–Crippen LogP) is 3.18. The van der Waals surface area contributed by atoms with Gasteiger partial charge in [0.25, 0.3) is 0 Å². The van der Waals surface area contributed by atoms with E-state index in [1.54, 1.807) is 11.1 Å². The van der Waals surface area contributed by atoms with Crippen molar-refractivity contribution < 1.29 is 19.0 Å². The fourth-order valence-corrected chi connectivity index (χ4v) is 4.92. The molecule has 0 aliphatic carbocycles. The molecular weight excluding hydrogens is 474 g/mol. The zero-order valence-electron chi connectivity index (χ0n) is 22.2. The highest BCUT2D eigenvalue weighted by Gasteiger charge is 2.29. The summed E-state index contributed by atoms with van der Waals surface area (Å²) in [5.74, 6) is 0.780. The summed E-state index contributed by atoms with van der Waals surface area (Å²) in [6.45, 7) is 13.8. The van der Waals surface area contributed by atoms with Crippen LogP contribution in [-0.4, -0.2) is 98.6 Å². The minimum absolute atomic E-state index is 0.178. The van der Waals surface area contributed by atoms with Gasteiger partial charge in [-0.05, 0) is 52.7 Å².